The number of piperazine rings is 1. The van der Waals surface area contributed by atoms with Crippen molar-refractivity contribution in [1.82, 2.24) is 10.2 Å². The van der Waals surface area contributed by atoms with E-state index in [2.05, 4.69) is 37.9 Å². The van der Waals surface area contributed by atoms with Crippen molar-refractivity contribution < 1.29 is 4.74 Å². The number of hydrogen-bond acceptors (Lipinski definition) is 3. The van der Waals surface area contributed by atoms with E-state index in [4.69, 9.17) is 4.74 Å². The number of nitrogens with one attached hydrogen (secondary N) is 1. The number of ether oxygens (including phenoxy) is 1. The summed E-state index contributed by atoms with van der Waals surface area (Å²) in [6.07, 6.45) is 2.92. The van der Waals surface area contributed by atoms with Crippen molar-refractivity contribution in [3.05, 3.63) is 0 Å². The van der Waals surface area contributed by atoms with Crippen LogP contribution < -0.4 is 5.32 Å². The lowest BCUT2D eigenvalue weighted by Crippen LogP contribution is -2.64. The second-order valence-corrected chi connectivity index (χ2v) is 6.08. The van der Waals surface area contributed by atoms with Crippen molar-refractivity contribution in [3.8, 4) is 0 Å². The molecule has 2 fully saturated rings. The Kier molecular flexibility index (Phi) is 3.57. The number of hydrogen-bond donors (Lipinski definition) is 1. The van der Waals surface area contributed by atoms with Gasteiger partial charge in [-0.3, -0.25) is 4.90 Å². The van der Waals surface area contributed by atoms with Gasteiger partial charge >= 0.3 is 0 Å². The van der Waals surface area contributed by atoms with Crippen LogP contribution in [-0.4, -0.2) is 48.3 Å². The molecule has 0 aromatic rings. The molecule has 2 aliphatic heterocycles. The standard InChI is InChI=1S/C13H26N2O/c1-10-8-14-13(3,4)9-15(10)11(2)12-6-5-7-16-12/h10-12,14H,5-9H2,1-4H3. The average molecular weight is 226 g/mol. The summed E-state index contributed by atoms with van der Waals surface area (Å²) in [5, 5.41) is 3.60. The second kappa shape index (κ2) is 4.63. The lowest BCUT2D eigenvalue weighted by atomic mass is 9.95. The van der Waals surface area contributed by atoms with Gasteiger partial charge in [0.25, 0.3) is 0 Å². The molecule has 0 saturated carbocycles. The van der Waals surface area contributed by atoms with E-state index in [0.717, 1.165) is 19.7 Å². The van der Waals surface area contributed by atoms with E-state index in [1.54, 1.807) is 0 Å². The summed E-state index contributed by atoms with van der Waals surface area (Å²) >= 11 is 0. The van der Waals surface area contributed by atoms with Crippen LogP contribution in [0.1, 0.15) is 40.5 Å². The van der Waals surface area contributed by atoms with Crippen molar-refractivity contribution >= 4 is 0 Å². The van der Waals surface area contributed by atoms with Crippen LogP contribution in [0, 0.1) is 0 Å². The van der Waals surface area contributed by atoms with Crippen LogP contribution in [0.3, 0.4) is 0 Å². The largest absolute Gasteiger partial charge is 0.377 e. The Morgan fingerprint density at radius 2 is 2.19 bits per heavy atom. The lowest BCUT2D eigenvalue weighted by Gasteiger charge is -2.47. The molecule has 2 saturated heterocycles. The van der Waals surface area contributed by atoms with E-state index in [1.807, 2.05) is 0 Å². The van der Waals surface area contributed by atoms with Gasteiger partial charge in [-0.05, 0) is 40.5 Å². The Labute approximate surface area is 99.5 Å². The third-order valence-corrected chi connectivity index (χ3v) is 4.05. The molecule has 0 radical (unpaired) electrons. The Morgan fingerprint density at radius 3 is 2.81 bits per heavy atom. The Balaban J connectivity index is 2.00. The van der Waals surface area contributed by atoms with Crippen LogP contribution in [-0.2, 0) is 4.74 Å². The van der Waals surface area contributed by atoms with Gasteiger partial charge in [-0.2, -0.15) is 0 Å². The Morgan fingerprint density at radius 1 is 1.44 bits per heavy atom. The molecule has 0 spiro atoms. The zero-order valence-electron chi connectivity index (χ0n) is 11.1. The molecule has 0 aromatic heterocycles. The van der Waals surface area contributed by atoms with Gasteiger partial charge in [0, 0.05) is 37.3 Å². The summed E-state index contributed by atoms with van der Waals surface area (Å²) in [6, 6.07) is 1.17. The van der Waals surface area contributed by atoms with E-state index < -0.39 is 0 Å². The number of rotatable bonds is 2. The van der Waals surface area contributed by atoms with E-state index in [0.29, 0.717) is 18.2 Å². The molecule has 2 rings (SSSR count). The molecule has 0 amide bonds. The topological polar surface area (TPSA) is 24.5 Å². The van der Waals surface area contributed by atoms with Crippen LogP contribution in [0.2, 0.25) is 0 Å². The molecule has 1 N–H and O–H groups in total. The fraction of sp³-hybridized carbons (Fsp3) is 1.00. The normalized spacial score (nSPS) is 37.5. The molecular formula is C13H26N2O. The van der Waals surface area contributed by atoms with Crippen molar-refractivity contribution in [1.29, 1.82) is 0 Å². The third-order valence-electron chi connectivity index (χ3n) is 4.05. The summed E-state index contributed by atoms with van der Waals surface area (Å²) in [4.78, 5) is 2.62. The molecule has 3 atom stereocenters. The van der Waals surface area contributed by atoms with Crippen molar-refractivity contribution in [2.45, 2.75) is 64.3 Å². The first-order valence-corrected chi connectivity index (χ1v) is 6.62. The van der Waals surface area contributed by atoms with Gasteiger partial charge in [0.2, 0.25) is 0 Å². The fourth-order valence-electron chi connectivity index (χ4n) is 2.95. The van der Waals surface area contributed by atoms with E-state index in [1.165, 1.54) is 12.8 Å². The van der Waals surface area contributed by atoms with Gasteiger partial charge in [0.15, 0.2) is 0 Å². The minimum atomic E-state index is 0.235. The molecule has 3 unspecified atom stereocenters. The fourth-order valence-corrected chi connectivity index (χ4v) is 2.95. The van der Waals surface area contributed by atoms with Crippen LogP contribution in [0.15, 0.2) is 0 Å². The van der Waals surface area contributed by atoms with Gasteiger partial charge in [0.05, 0.1) is 6.10 Å². The summed E-state index contributed by atoms with van der Waals surface area (Å²) in [5.74, 6) is 0. The molecule has 2 aliphatic rings. The van der Waals surface area contributed by atoms with Crippen LogP contribution in [0.5, 0.6) is 0 Å². The Bertz CT molecular complexity index is 236. The molecule has 3 heteroatoms. The maximum absolute atomic E-state index is 5.82. The smallest absolute Gasteiger partial charge is 0.0728 e. The van der Waals surface area contributed by atoms with Crippen LogP contribution >= 0.6 is 0 Å². The molecule has 0 aliphatic carbocycles. The van der Waals surface area contributed by atoms with E-state index in [-0.39, 0.29) is 5.54 Å². The second-order valence-electron chi connectivity index (χ2n) is 6.08. The highest BCUT2D eigenvalue weighted by Gasteiger charge is 2.36. The van der Waals surface area contributed by atoms with Crippen molar-refractivity contribution in [3.63, 3.8) is 0 Å². The van der Waals surface area contributed by atoms with Gasteiger partial charge in [-0.1, -0.05) is 0 Å². The minimum absolute atomic E-state index is 0.235. The van der Waals surface area contributed by atoms with Crippen molar-refractivity contribution in [2.24, 2.45) is 0 Å². The Hall–Kier alpha value is -0.120. The van der Waals surface area contributed by atoms with E-state index in [9.17, 15) is 0 Å². The summed E-state index contributed by atoms with van der Waals surface area (Å²) < 4.78 is 5.82. The van der Waals surface area contributed by atoms with Gasteiger partial charge in [-0.15, -0.1) is 0 Å². The van der Waals surface area contributed by atoms with Gasteiger partial charge in [0.1, 0.15) is 0 Å². The zero-order chi connectivity index (χ0) is 11.8. The maximum atomic E-state index is 5.82. The molecular weight excluding hydrogens is 200 g/mol. The maximum Gasteiger partial charge on any atom is 0.0728 e. The van der Waals surface area contributed by atoms with Gasteiger partial charge < -0.3 is 10.1 Å². The highest BCUT2D eigenvalue weighted by molar-refractivity contribution is 4.94. The molecule has 0 bridgehead atoms. The predicted molar refractivity (Wildman–Crippen MR) is 66.7 cm³/mol. The zero-order valence-corrected chi connectivity index (χ0v) is 11.1. The first-order valence-electron chi connectivity index (χ1n) is 6.62. The van der Waals surface area contributed by atoms with Crippen molar-refractivity contribution in [2.75, 3.05) is 19.7 Å². The monoisotopic (exact) mass is 226 g/mol. The highest BCUT2D eigenvalue weighted by Crippen LogP contribution is 2.24. The first-order chi connectivity index (χ1) is 7.49. The van der Waals surface area contributed by atoms with E-state index >= 15 is 0 Å². The first kappa shape index (κ1) is 12.3. The molecule has 94 valence electrons. The third kappa shape index (κ3) is 2.58. The van der Waals surface area contributed by atoms with Crippen LogP contribution in [0.25, 0.3) is 0 Å². The summed E-state index contributed by atoms with van der Waals surface area (Å²) in [5.41, 5.74) is 0.235. The quantitative estimate of drug-likeness (QED) is 0.774. The highest BCUT2D eigenvalue weighted by atomic mass is 16.5. The average Bonchev–Trinajstić information content (AvgIpc) is 2.74. The lowest BCUT2D eigenvalue weighted by molar-refractivity contribution is -0.0111. The predicted octanol–water partition coefficient (Wildman–Crippen LogP) is 1.63. The molecule has 2 heterocycles. The van der Waals surface area contributed by atoms with Crippen LogP contribution in [0.4, 0.5) is 0 Å². The SMILES string of the molecule is CC1CNC(C)(C)CN1C(C)C1CCCO1. The number of nitrogens with zero attached hydrogens (tertiary/aromatic N) is 1. The molecule has 0 aromatic carbocycles. The molecule has 16 heavy (non-hydrogen) atoms. The summed E-state index contributed by atoms with van der Waals surface area (Å²) in [7, 11) is 0. The van der Waals surface area contributed by atoms with Gasteiger partial charge in [-0.25, -0.2) is 0 Å². The summed E-state index contributed by atoms with van der Waals surface area (Å²) in [6.45, 7) is 12.4. The molecule has 3 nitrogen and oxygen atoms in total. The minimum Gasteiger partial charge on any atom is -0.377 e.